The normalized spacial score (nSPS) is 10.1. The molecule has 6 heteroatoms. The number of hydrogen-bond acceptors (Lipinski definition) is 5. The number of anilines is 1. The average molecular weight is 263 g/mol. The van der Waals surface area contributed by atoms with Crippen LogP contribution in [0.25, 0.3) is 10.4 Å². The highest BCUT2D eigenvalue weighted by Crippen LogP contribution is 2.32. The molecule has 0 spiro atoms. The Bertz CT molecular complexity index is 540. The predicted molar refractivity (Wildman–Crippen MR) is 70.7 cm³/mol. The third-order valence-corrected chi connectivity index (χ3v) is 3.35. The molecule has 0 radical (unpaired) electrons. The predicted octanol–water partition coefficient (Wildman–Crippen LogP) is 3.08. The Morgan fingerprint density at radius 1 is 1.44 bits per heavy atom. The highest BCUT2D eigenvalue weighted by atomic mass is 32.1. The van der Waals surface area contributed by atoms with Gasteiger partial charge in [0.25, 0.3) is 0 Å². The second kappa shape index (κ2) is 5.59. The molecule has 0 unspecified atom stereocenters. The smallest absolute Gasteiger partial charge is 0.413 e. The zero-order valence-corrected chi connectivity index (χ0v) is 11.0. The molecule has 2 aromatic heterocycles. The summed E-state index contributed by atoms with van der Waals surface area (Å²) in [6, 6.07) is 3.82. The first-order valence-electron chi connectivity index (χ1n) is 5.52. The number of hydrogen-bond donors (Lipinski definition) is 1. The Kier molecular flexibility index (Phi) is 3.88. The van der Waals surface area contributed by atoms with Gasteiger partial charge in [-0.25, -0.2) is 9.78 Å². The van der Waals surface area contributed by atoms with Crippen molar-refractivity contribution in [3.05, 3.63) is 30.2 Å². The van der Waals surface area contributed by atoms with Crippen LogP contribution in [0.4, 0.5) is 9.93 Å². The van der Waals surface area contributed by atoms with Crippen LogP contribution in [0.1, 0.15) is 12.6 Å². The fourth-order valence-electron chi connectivity index (χ4n) is 1.48. The molecular formula is C12H13N3O2S. The van der Waals surface area contributed by atoms with Gasteiger partial charge in [0.15, 0.2) is 5.13 Å². The molecule has 0 aliphatic heterocycles. The van der Waals surface area contributed by atoms with Crippen LogP contribution in [-0.4, -0.2) is 22.7 Å². The molecule has 2 heterocycles. The molecule has 0 atom stereocenters. The lowest BCUT2D eigenvalue weighted by Gasteiger charge is -2.00. The van der Waals surface area contributed by atoms with Gasteiger partial charge in [0.1, 0.15) is 0 Å². The van der Waals surface area contributed by atoms with Crippen molar-refractivity contribution in [2.75, 3.05) is 11.9 Å². The van der Waals surface area contributed by atoms with E-state index in [4.69, 9.17) is 4.74 Å². The van der Waals surface area contributed by atoms with Crippen LogP contribution in [0.3, 0.4) is 0 Å². The first-order chi connectivity index (χ1) is 8.70. The van der Waals surface area contributed by atoms with Crippen molar-refractivity contribution in [2.24, 2.45) is 0 Å². The summed E-state index contributed by atoms with van der Waals surface area (Å²) in [4.78, 5) is 20.6. The minimum absolute atomic E-state index is 0.341. The molecule has 1 N–H and O–H groups in total. The van der Waals surface area contributed by atoms with E-state index in [9.17, 15) is 4.79 Å². The number of aryl methyl sites for hydroxylation is 1. The number of carbonyl (C=O) groups excluding carboxylic acids is 1. The van der Waals surface area contributed by atoms with Gasteiger partial charge in [0.05, 0.1) is 17.2 Å². The maximum Gasteiger partial charge on any atom is 0.413 e. The van der Waals surface area contributed by atoms with Crippen molar-refractivity contribution in [3.8, 4) is 10.4 Å². The van der Waals surface area contributed by atoms with Gasteiger partial charge in [0, 0.05) is 12.4 Å². The molecular weight excluding hydrogens is 250 g/mol. The Labute approximate surface area is 109 Å². The standard InChI is InChI=1S/C12H13N3O2S/c1-3-17-12(16)15-11-14-8(2)10(18-11)9-4-6-13-7-5-9/h4-7H,3H2,1-2H3,(H,14,15,16). The first kappa shape index (κ1) is 12.5. The second-order valence-electron chi connectivity index (χ2n) is 3.51. The number of thiazole rings is 1. The van der Waals surface area contributed by atoms with Crippen molar-refractivity contribution < 1.29 is 9.53 Å². The van der Waals surface area contributed by atoms with Gasteiger partial charge in [-0.05, 0) is 31.5 Å². The Morgan fingerprint density at radius 3 is 2.83 bits per heavy atom. The third-order valence-electron chi connectivity index (χ3n) is 2.22. The van der Waals surface area contributed by atoms with E-state index in [0.717, 1.165) is 16.1 Å². The molecule has 18 heavy (non-hydrogen) atoms. The van der Waals surface area contributed by atoms with Crippen LogP contribution >= 0.6 is 11.3 Å². The number of ether oxygens (including phenoxy) is 1. The van der Waals surface area contributed by atoms with E-state index in [-0.39, 0.29) is 0 Å². The summed E-state index contributed by atoms with van der Waals surface area (Å²) in [6.45, 7) is 4.01. The van der Waals surface area contributed by atoms with Gasteiger partial charge < -0.3 is 4.74 Å². The molecule has 1 amide bonds. The number of pyridine rings is 1. The number of aromatic nitrogens is 2. The molecule has 0 aromatic carbocycles. The first-order valence-corrected chi connectivity index (χ1v) is 6.34. The van der Waals surface area contributed by atoms with Gasteiger partial charge in [-0.2, -0.15) is 0 Å². The fraction of sp³-hybridized carbons (Fsp3) is 0.250. The monoisotopic (exact) mass is 263 g/mol. The number of rotatable bonds is 3. The minimum atomic E-state index is -0.479. The lowest BCUT2D eigenvalue weighted by atomic mass is 10.2. The summed E-state index contributed by atoms with van der Waals surface area (Å²) in [5.74, 6) is 0. The van der Waals surface area contributed by atoms with Gasteiger partial charge in [-0.3, -0.25) is 10.3 Å². The van der Waals surface area contributed by atoms with Crippen molar-refractivity contribution in [3.63, 3.8) is 0 Å². The topological polar surface area (TPSA) is 64.1 Å². The minimum Gasteiger partial charge on any atom is -0.450 e. The molecule has 5 nitrogen and oxygen atoms in total. The summed E-state index contributed by atoms with van der Waals surface area (Å²) in [5, 5.41) is 3.14. The van der Waals surface area contributed by atoms with Crippen molar-refractivity contribution >= 4 is 22.6 Å². The molecule has 0 aliphatic rings. The molecule has 0 aliphatic carbocycles. The van der Waals surface area contributed by atoms with E-state index >= 15 is 0 Å². The van der Waals surface area contributed by atoms with E-state index in [0.29, 0.717) is 11.7 Å². The van der Waals surface area contributed by atoms with Crippen LogP contribution in [0.15, 0.2) is 24.5 Å². The second-order valence-corrected chi connectivity index (χ2v) is 4.51. The van der Waals surface area contributed by atoms with Crippen LogP contribution in [0.5, 0.6) is 0 Å². The van der Waals surface area contributed by atoms with Crippen LogP contribution in [0, 0.1) is 6.92 Å². The molecule has 0 saturated heterocycles. The van der Waals surface area contributed by atoms with E-state index in [1.807, 2.05) is 19.1 Å². The fourth-order valence-corrected chi connectivity index (χ4v) is 2.43. The Balaban J connectivity index is 2.20. The lowest BCUT2D eigenvalue weighted by Crippen LogP contribution is -2.12. The quantitative estimate of drug-likeness (QED) is 0.924. The highest BCUT2D eigenvalue weighted by Gasteiger charge is 2.11. The SMILES string of the molecule is CCOC(=O)Nc1nc(C)c(-c2ccncc2)s1. The summed E-state index contributed by atoms with van der Waals surface area (Å²) in [5.41, 5.74) is 1.91. The van der Waals surface area contributed by atoms with Crippen LogP contribution < -0.4 is 5.32 Å². The summed E-state index contributed by atoms with van der Waals surface area (Å²) in [7, 11) is 0. The largest absolute Gasteiger partial charge is 0.450 e. The molecule has 0 bridgehead atoms. The molecule has 94 valence electrons. The number of nitrogens with zero attached hydrogens (tertiary/aromatic N) is 2. The van der Waals surface area contributed by atoms with Gasteiger partial charge in [-0.15, -0.1) is 0 Å². The molecule has 2 rings (SSSR count). The highest BCUT2D eigenvalue weighted by molar-refractivity contribution is 7.19. The van der Waals surface area contributed by atoms with Crippen molar-refractivity contribution in [2.45, 2.75) is 13.8 Å². The summed E-state index contributed by atoms with van der Waals surface area (Å²) >= 11 is 1.42. The molecule has 2 aromatic rings. The average Bonchev–Trinajstić information content (AvgIpc) is 2.71. The zero-order chi connectivity index (χ0) is 13.0. The van der Waals surface area contributed by atoms with Gasteiger partial charge >= 0.3 is 6.09 Å². The van der Waals surface area contributed by atoms with Crippen molar-refractivity contribution in [1.29, 1.82) is 0 Å². The molecule has 0 fully saturated rings. The Morgan fingerprint density at radius 2 is 2.17 bits per heavy atom. The van der Waals surface area contributed by atoms with Gasteiger partial charge in [-0.1, -0.05) is 11.3 Å². The van der Waals surface area contributed by atoms with E-state index < -0.39 is 6.09 Å². The maximum absolute atomic E-state index is 11.3. The summed E-state index contributed by atoms with van der Waals surface area (Å²) < 4.78 is 4.81. The Hall–Kier alpha value is -1.95. The third kappa shape index (κ3) is 2.84. The van der Waals surface area contributed by atoms with E-state index in [1.165, 1.54) is 11.3 Å². The number of carbonyl (C=O) groups is 1. The molecule has 0 saturated carbocycles. The van der Waals surface area contributed by atoms with Gasteiger partial charge in [0.2, 0.25) is 0 Å². The van der Waals surface area contributed by atoms with E-state index in [2.05, 4.69) is 15.3 Å². The van der Waals surface area contributed by atoms with Crippen molar-refractivity contribution in [1.82, 2.24) is 9.97 Å². The number of nitrogens with one attached hydrogen (secondary N) is 1. The zero-order valence-electron chi connectivity index (χ0n) is 10.1. The number of amides is 1. The van der Waals surface area contributed by atoms with E-state index in [1.54, 1.807) is 19.3 Å². The van der Waals surface area contributed by atoms with Crippen LogP contribution in [-0.2, 0) is 4.74 Å². The van der Waals surface area contributed by atoms with Crippen LogP contribution in [0.2, 0.25) is 0 Å². The summed E-state index contributed by atoms with van der Waals surface area (Å²) in [6.07, 6.45) is 2.98. The lowest BCUT2D eigenvalue weighted by molar-refractivity contribution is 0.168. The maximum atomic E-state index is 11.3.